The van der Waals surface area contributed by atoms with E-state index in [1.54, 1.807) is 0 Å². The SMILES string of the molecule is CCCC[C@H]1CC[C@@H](C=O)N1. The van der Waals surface area contributed by atoms with E-state index in [1.165, 1.54) is 25.7 Å². The maximum absolute atomic E-state index is 10.4. The topological polar surface area (TPSA) is 29.1 Å². The largest absolute Gasteiger partial charge is 0.305 e. The van der Waals surface area contributed by atoms with E-state index in [4.69, 9.17) is 0 Å². The molecule has 1 aliphatic heterocycles. The zero-order chi connectivity index (χ0) is 8.10. The van der Waals surface area contributed by atoms with Gasteiger partial charge in [0.2, 0.25) is 0 Å². The van der Waals surface area contributed by atoms with Gasteiger partial charge in [-0.25, -0.2) is 0 Å². The van der Waals surface area contributed by atoms with Crippen LogP contribution < -0.4 is 5.32 Å². The predicted octanol–water partition coefficient (Wildman–Crippen LogP) is 1.50. The molecule has 0 spiro atoms. The maximum atomic E-state index is 10.4. The van der Waals surface area contributed by atoms with E-state index in [2.05, 4.69) is 12.2 Å². The Bertz CT molecular complexity index is 125. The van der Waals surface area contributed by atoms with Crippen LogP contribution in [0.4, 0.5) is 0 Å². The fourth-order valence-electron chi connectivity index (χ4n) is 1.64. The molecule has 2 heteroatoms. The van der Waals surface area contributed by atoms with Crippen LogP contribution in [-0.2, 0) is 4.79 Å². The Hall–Kier alpha value is -0.370. The number of carbonyl (C=O) groups excluding carboxylic acids is 1. The van der Waals surface area contributed by atoms with Crippen LogP contribution in [0.3, 0.4) is 0 Å². The Morgan fingerprint density at radius 2 is 2.36 bits per heavy atom. The van der Waals surface area contributed by atoms with Crippen molar-refractivity contribution < 1.29 is 4.79 Å². The molecule has 0 amide bonds. The van der Waals surface area contributed by atoms with Gasteiger partial charge in [0.25, 0.3) is 0 Å². The van der Waals surface area contributed by atoms with E-state index < -0.39 is 0 Å². The molecule has 0 radical (unpaired) electrons. The number of hydrogen-bond donors (Lipinski definition) is 1. The summed E-state index contributed by atoms with van der Waals surface area (Å²) in [6.45, 7) is 2.20. The second kappa shape index (κ2) is 4.50. The smallest absolute Gasteiger partial charge is 0.136 e. The number of rotatable bonds is 4. The second-order valence-corrected chi connectivity index (χ2v) is 3.33. The number of carbonyl (C=O) groups is 1. The summed E-state index contributed by atoms with van der Waals surface area (Å²) in [5.41, 5.74) is 0. The van der Waals surface area contributed by atoms with Crippen LogP contribution in [-0.4, -0.2) is 18.4 Å². The van der Waals surface area contributed by atoms with Crippen molar-refractivity contribution in [1.29, 1.82) is 0 Å². The summed E-state index contributed by atoms with van der Waals surface area (Å²) in [5, 5.41) is 3.31. The zero-order valence-electron chi connectivity index (χ0n) is 7.18. The quantitative estimate of drug-likeness (QED) is 0.623. The van der Waals surface area contributed by atoms with E-state index >= 15 is 0 Å². The molecule has 11 heavy (non-hydrogen) atoms. The lowest BCUT2D eigenvalue weighted by molar-refractivity contribution is -0.109. The Labute approximate surface area is 68.4 Å². The Morgan fingerprint density at radius 3 is 2.91 bits per heavy atom. The van der Waals surface area contributed by atoms with Crippen LogP contribution >= 0.6 is 0 Å². The molecule has 1 N–H and O–H groups in total. The molecule has 0 saturated carbocycles. The third-order valence-electron chi connectivity index (χ3n) is 2.35. The summed E-state index contributed by atoms with van der Waals surface area (Å²) in [4.78, 5) is 10.4. The number of hydrogen-bond acceptors (Lipinski definition) is 2. The van der Waals surface area contributed by atoms with Crippen molar-refractivity contribution in [2.45, 2.75) is 51.1 Å². The molecule has 2 atom stereocenters. The Morgan fingerprint density at radius 1 is 1.55 bits per heavy atom. The van der Waals surface area contributed by atoms with Crippen LogP contribution in [0, 0.1) is 0 Å². The van der Waals surface area contributed by atoms with Crippen molar-refractivity contribution >= 4 is 6.29 Å². The highest BCUT2D eigenvalue weighted by Gasteiger charge is 2.21. The number of aldehydes is 1. The Balaban J connectivity index is 2.14. The predicted molar refractivity (Wildman–Crippen MR) is 45.5 cm³/mol. The minimum Gasteiger partial charge on any atom is -0.305 e. The van der Waals surface area contributed by atoms with Crippen molar-refractivity contribution in [1.82, 2.24) is 5.32 Å². The average Bonchev–Trinajstić information content (AvgIpc) is 2.48. The lowest BCUT2D eigenvalue weighted by Crippen LogP contribution is -2.30. The van der Waals surface area contributed by atoms with Gasteiger partial charge in [-0.3, -0.25) is 0 Å². The van der Waals surface area contributed by atoms with Gasteiger partial charge in [-0.05, 0) is 19.3 Å². The summed E-state index contributed by atoms with van der Waals surface area (Å²) >= 11 is 0. The molecule has 1 fully saturated rings. The van der Waals surface area contributed by atoms with Crippen molar-refractivity contribution in [2.75, 3.05) is 0 Å². The standard InChI is InChI=1S/C9H17NO/c1-2-3-4-8-5-6-9(7-11)10-8/h7-10H,2-6H2,1H3/t8-,9-/m0/s1. The molecule has 0 unspecified atom stereocenters. The van der Waals surface area contributed by atoms with Crippen molar-refractivity contribution in [3.8, 4) is 0 Å². The molecule has 0 aromatic heterocycles. The fourth-order valence-corrected chi connectivity index (χ4v) is 1.64. The van der Waals surface area contributed by atoms with E-state index in [-0.39, 0.29) is 6.04 Å². The number of unbranched alkanes of at least 4 members (excludes halogenated alkanes) is 1. The molecule has 0 aromatic carbocycles. The third kappa shape index (κ3) is 2.62. The molecule has 64 valence electrons. The van der Waals surface area contributed by atoms with Crippen LogP contribution in [0.2, 0.25) is 0 Å². The normalized spacial score (nSPS) is 30.6. The van der Waals surface area contributed by atoms with Gasteiger partial charge in [0, 0.05) is 6.04 Å². The summed E-state index contributed by atoms with van der Waals surface area (Å²) < 4.78 is 0. The summed E-state index contributed by atoms with van der Waals surface area (Å²) in [6.07, 6.45) is 7.03. The Kier molecular flexibility index (Phi) is 3.57. The highest BCUT2D eigenvalue weighted by molar-refractivity contribution is 5.58. The molecule has 1 rings (SSSR count). The van der Waals surface area contributed by atoms with Gasteiger partial charge < -0.3 is 10.1 Å². The molecular formula is C9H17NO. The first-order chi connectivity index (χ1) is 5.36. The van der Waals surface area contributed by atoms with Gasteiger partial charge in [-0.2, -0.15) is 0 Å². The van der Waals surface area contributed by atoms with Crippen LogP contribution in [0.1, 0.15) is 39.0 Å². The van der Waals surface area contributed by atoms with Gasteiger partial charge in [0.05, 0.1) is 6.04 Å². The zero-order valence-corrected chi connectivity index (χ0v) is 7.18. The lowest BCUT2D eigenvalue weighted by atomic mass is 10.1. The van der Waals surface area contributed by atoms with Gasteiger partial charge in [-0.15, -0.1) is 0 Å². The van der Waals surface area contributed by atoms with E-state index in [0.717, 1.165) is 12.7 Å². The molecule has 1 heterocycles. The highest BCUT2D eigenvalue weighted by atomic mass is 16.1. The number of nitrogens with one attached hydrogen (secondary N) is 1. The first-order valence-electron chi connectivity index (χ1n) is 4.58. The summed E-state index contributed by atoms with van der Waals surface area (Å²) in [6, 6.07) is 0.766. The molecule has 0 bridgehead atoms. The van der Waals surface area contributed by atoms with Crippen molar-refractivity contribution in [2.24, 2.45) is 0 Å². The first kappa shape index (κ1) is 8.72. The van der Waals surface area contributed by atoms with Gasteiger partial charge in [0.15, 0.2) is 0 Å². The second-order valence-electron chi connectivity index (χ2n) is 3.33. The van der Waals surface area contributed by atoms with Crippen molar-refractivity contribution in [3.63, 3.8) is 0 Å². The van der Waals surface area contributed by atoms with Gasteiger partial charge in [0.1, 0.15) is 6.29 Å². The fraction of sp³-hybridized carbons (Fsp3) is 0.889. The molecule has 0 aromatic rings. The van der Waals surface area contributed by atoms with E-state index in [1.807, 2.05) is 0 Å². The molecule has 0 aliphatic carbocycles. The van der Waals surface area contributed by atoms with Crippen LogP contribution in [0.25, 0.3) is 0 Å². The summed E-state index contributed by atoms with van der Waals surface area (Å²) in [7, 11) is 0. The first-order valence-corrected chi connectivity index (χ1v) is 4.58. The van der Waals surface area contributed by atoms with E-state index in [0.29, 0.717) is 6.04 Å². The van der Waals surface area contributed by atoms with Crippen molar-refractivity contribution in [3.05, 3.63) is 0 Å². The summed E-state index contributed by atoms with van der Waals surface area (Å²) in [5.74, 6) is 0. The minimum atomic E-state index is 0.150. The minimum absolute atomic E-state index is 0.150. The van der Waals surface area contributed by atoms with E-state index in [9.17, 15) is 4.79 Å². The van der Waals surface area contributed by atoms with Gasteiger partial charge >= 0.3 is 0 Å². The highest BCUT2D eigenvalue weighted by Crippen LogP contribution is 2.15. The average molecular weight is 155 g/mol. The maximum Gasteiger partial charge on any atom is 0.136 e. The molecule has 2 nitrogen and oxygen atoms in total. The van der Waals surface area contributed by atoms with Gasteiger partial charge in [-0.1, -0.05) is 19.8 Å². The van der Waals surface area contributed by atoms with Crippen LogP contribution in [0.5, 0.6) is 0 Å². The lowest BCUT2D eigenvalue weighted by Gasteiger charge is -2.09. The molecule has 1 saturated heterocycles. The third-order valence-corrected chi connectivity index (χ3v) is 2.35. The molecule has 1 aliphatic rings. The van der Waals surface area contributed by atoms with Crippen LogP contribution in [0.15, 0.2) is 0 Å². The monoisotopic (exact) mass is 155 g/mol. The molecular weight excluding hydrogens is 138 g/mol.